The third-order valence-corrected chi connectivity index (χ3v) is 4.10. The van der Waals surface area contributed by atoms with Crippen molar-refractivity contribution >= 4 is 5.91 Å². The lowest BCUT2D eigenvalue weighted by Gasteiger charge is -2.25. The number of benzene rings is 2. The number of methoxy groups -OCH3 is 1. The number of carbonyl (C=O) groups excluding carboxylic acids is 1. The molecule has 5 nitrogen and oxygen atoms in total. The van der Waals surface area contributed by atoms with Crippen molar-refractivity contribution in [1.29, 1.82) is 5.26 Å². The Labute approximate surface area is 154 Å². The van der Waals surface area contributed by atoms with E-state index in [1.54, 1.807) is 38.3 Å². The van der Waals surface area contributed by atoms with Gasteiger partial charge in [-0.2, -0.15) is 5.26 Å². The van der Waals surface area contributed by atoms with Gasteiger partial charge in [0.15, 0.2) is 6.10 Å². The van der Waals surface area contributed by atoms with Crippen molar-refractivity contribution in [3.8, 4) is 17.6 Å². The summed E-state index contributed by atoms with van der Waals surface area (Å²) in [5, 5.41) is 11.9. The number of nitrogens with one attached hydrogen (secondary N) is 1. The molecule has 0 aromatic heterocycles. The summed E-state index contributed by atoms with van der Waals surface area (Å²) in [6.45, 7) is 5.82. The van der Waals surface area contributed by atoms with Crippen molar-refractivity contribution in [2.75, 3.05) is 7.11 Å². The first-order valence-electron chi connectivity index (χ1n) is 8.55. The van der Waals surface area contributed by atoms with Crippen LogP contribution in [0.5, 0.6) is 11.5 Å². The van der Waals surface area contributed by atoms with Crippen LogP contribution in [0.4, 0.5) is 0 Å². The Morgan fingerprint density at radius 1 is 1.00 bits per heavy atom. The van der Waals surface area contributed by atoms with Gasteiger partial charge in [0.1, 0.15) is 11.5 Å². The van der Waals surface area contributed by atoms with Gasteiger partial charge < -0.3 is 14.8 Å². The van der Waals surface area contributed by atoms with E-state index in [2.05, 4.69) is 25.2 Å². The molecule has 2 atom stereocenters. The van der Waals surface area contributed by atoms with Crippen LogP contribution in [0.15, 0.2) is 48.5 Å². The fraction of sp³-hybridized carbons (Fsp3) is 0.333. The molecular weight excluding hydrogens is 328 g/mol. The third-order valence-electron chi connectivity index (χ3n) is 4.10. The summed E-state index contributed by atoms with van der Waals surface area (Å²) in [5.74, 6) is 1.36. The van der Waals surface area contributed by atoms with E-state index in [-0.39, 0.29) is 17.9 Å². The van der Waals surface area contributed by atoms with Crippen LogP contribution in [0.2, 0.25) is 0 Å². The van der Waals surface area contributed by atoms with Crippen LogP contribution in [-0.4, -0.2) is 19.1 Å². The highest BCUT2D eigenvalue weighted by Gasteiger charge is 2.22. The van der Waals surface area contributed by atoms with E-state index in [1.165, 1.54) is 0 Å². The first-order chi connectivity index (χ1) is 12.4. The van der Waals surface area contributed by atoms with Crippen molar-refractivity contribution < 1.29 is 14.3 Å². The minimum atomic E-state index is -0.651. The predicted octanol–water partition coefficient (Wildman–Crippen LogP) is 3.85. The van der Waals surface area contributed by atoms with Gasteiger partial charge in [0.25, 0.3) is 5.91 Å². The first kappa shape index (κ1) is 19.3. The van der Waals surface area contributed by atoms with Crippen LogP contribution in [0.3, 0.4) is 0 Å². The smallest absolute Gasteiger partial charge is 0.261 e. The molecule has 0 spiro atoms. The van der Waals surface area contributed by atoms with Crippen molar-refractivity contribution in [2.45, 2.75) is 32.9 Å². The second-order valence-corrected chi connectivity index (χ2v) is 6.40. The molecule has 1 N–H and O–H groups in total. The fourth-order valence-electron chi connectivity index (χ4n) is 2.58. The van der Waals surface area contributed by atoms with Crippen molar-refractivity contribution in [3.05, 3.63) is 59.7 Å². The molecule has 2 aromatic rings. The van der Waals surface area contributed by atoms with E-state index in [0.29, 0.717) is 11.3 Å². The van der Waals surface area contributed by atoms with Gasteiger partial charge in [0, 0.05) is 0 Å². The Morgan fingerprint density at radius 3 is 2.08 bits per heavy atom. The number of rotatable bonds is 7. The Kier molecular flexibility index (Phi) is 6.62. The Bertz CT molecular complexity index is 761. The topological polar surface area (TPSA) is 71.3 Å². The van der Waals surface area contributed by atoms with Gasteiger partial charge in [0.2, 0.25) is 0 Å². The summed E-state index contributed by atoms with van der Waals surface area (Å²) in [6, 6.07) is 16.3. The number of carbonyl (C=O) groups is 1. The molecule has 0 saturated heterocycles. The SMILES string of the molecule is COc1ccc(C(NC(=O)C(C)Oc2ccc(C#N)cc2)C(C)C)cc1. The number of ether oxygens (including phenoxy) is 2. The molecule has 0 radical (unpaired) electrons. The zero-order valence-electron chi connectivity index (χ0n) is 15.5. The molecule has 0 heterocycles. The average Bonchev–Trinajstić information content (AvgIpc) is 2.66. The van der Waals surface area contributed by atoms with Gasteiger partial charge >= 0.3 is 0 Å². The van der Waals surface area contributed by atoms with E-state index < -0.39 is 6.10 Å². The van der Waals surface area contributed by atoms with Crippen LogP contribution in [-0.2, 0) is 4.79 Å². The average molecular weight is 352 g/mol. The zero-order chi connectivity index (χ0) is 19.1. The van der Waals surface area contributed by atoms with E-state index in [4.69, 9.17) is 14.7 Å². The van der Waals surface area contributed by atoms with Crippen molar-refractivity contribution in [1.82, 2.24) is 5.32 Å². The second kappa shape index (κ2) is 8.91. The van der Waals surface area contributed by atoms with Crippen LogP contribution in [0.1, 0.15) is 37.9 Å². The summed E-state index contributed by atoms with van der Waals surface area (Å²) in [7, 11) is 1.62. The van der Waals surface area contributed by atoms with E-state index >= 15 is 0 Å². The molecule has 0 aliphatic carbocycles. The summed E-state index contributed by atoms with van der Waals surface area (Å²) in [6.07, 6.45) is -0.651. The minimum Gasteiger partial charge on any atom is -0.497 e. The molecule has 0 aliphatic heterocycles. The lowest BCUT2D eigenvalue weighted by atomic mass is 9.95. The second-order valence-electron chi connectivity index (χ2n) is 6.40. The number of nitriles is 1. The van der Waals surface area contributed by atoms with Crippen molar-refractivity contribution in [3.63, 3.8) is 0 Å². The van der Waals surface area contributed by atoms with Gasteiger partial charge in [-0.1, -0.05) is 26.0 Å². The number of nitrogens with zero attached hydrogens (tertiary/aromatic N) is 1. The van der Waals surface area contributed by atoms with Gasteiger partial charge in [-0.3, -0.25) is 4.79 Å². The van der Waals surface area contributed by atoms with Crippen molar-refractivity contribution in [2.24, 2.45) is 5.92 Å². The third kappa shape index (κ3) is 5.00. The maximum Gasteiger partial charge on any atom is 0.261 e. The largest absolute Gasteiger partial charge is 0.497 e. The molecule has 0 saturated carbocycles. The quantitative estimate of drug-likeness (QED) is 0.822. The molecule has 5 heteroatoms. The predicted molar refractivity (Wildman–Crippen MR) is 100.0 cm³/mol. The molecule has 2 unspecified atom stereocenters. The standard InChI is InChI=1S/C21H24N2O3/c1-14(2)20(17-7-11-18(25-4)12-8-17)23-21(24)15(3)26-19-9-5-16(13-22)6-10-19/h5-12,14-15,20H,1-4H3,(H,23,24). The highest BCUT2D eigenvalue weighted by molar-refractivity contribution is 5.81. The van der Waals surface area contributed by atoms with Crippen LogP contribution in [0.25, 0.3) is 0 Å². The summed E-state index contributed by atoms with van der Waals surface area (Å²) >= 11 is 0. The van der Waals surface area contributed by atoms with Gasteiger partial charge in [-0.25, -0.2) is 0 Å². The van der Waals surface area contributed by atoms with Gasteiger partial charge in [-0.05, 0) is 54.8 Å². The van der Waals surface area contributed by atoms with Gasteiger partial charge in [-0.15, -0.1) is 0 Å². The van der Waals surface area contributed by atoms with Crippen LogP contribution >= 0.6 is 0 Å². The molecule has 0 bridgehead atoms. The highest BCUT2D eigenvalue weighted by Crippen LogP contribution is 2.24. The normalized spacial score (nSPS) is 12.8. The monoisotopic (exact) mass is 352 g/mol. The molecule has 136 valence electrons. The maximum atomic E-state index is 12.6. The lowest BCUT2D eigenvalue weighted by Crippen LogP contribution is -2.40. The Hall–Kier alpha value is -3.00. The molecule has 2 rings (SSSR count). The molecule has 0 aliphatic rings. The lowest BCUT2D eigenvalue weighted by molar-refractivity contribution is -0.128. The van der Waals surface area contributed by atoms with E-state index in [1.807, 2.05) is 24.3 Å². The molecule has 26 heavy (non-hydrogen) atoms. The molecule has 1 amide bonds. The van der Waals surface area contributed by atoms with E-state index in [9.17, 15) is 4.79 Å². The Balaban J connectivity index is 2.04. The number of hydrogen-bond donors (Lipinski definition) is 1. The molecular formula is C21H24N2O3. The summed E-state index contributed by atoms with van der Waals surface area (Å²) < 4.78 is 10.9. The molecule has 0 fully saturated rings. The number of hydrogen-bond acceptors (Lipinski definition) is 4. The fourth-order valence-corrected chi connectivity index (χ4v) is 2.58. The highest BCUT2D eigenvalue weighted by atomic mass is 16.5. The van der Waals surface area contributed by atoms with Crippen LogP contribution < -0.4 is 14.8 Å². The maximum absolute atomic E-state index is 12.6. The van der Waals surface area contributed by atoms with Crippen LogP contribution in [0, 0.1) is 17.2 Å². The first-order valence-corrected chi connectivity index (χ1v) is 8.55. The number of amides is 1. The summed E-state index contributed by atoms with van der Waals surface area (Å²) in [4.78, 5) is 12.6. The molecule has 2 aromatic carbocycles. The Morgan fingerprint density at radius 2 is 1.58 bits per heavy atom. The zero-order valence-corrected chi connectivity index (χ0v) is 15.5. The van der Waals surface area contributed by atoms with E-state index in [0.717, 1.165) is 11.3 Å². The summed E-state index contributed by atoms with van der Waals surface area (Å²) in [5.41, 5.74) is 1.56. The minimum absolute atomic E-state index is 0.125. The van der Waals surface area contributed by atoms with Gasteiger partial charge in [0.05, 0.1) is 24.8 Å².